The molecule has 0 aliphatic heterocycles. The highest BCUT2D eigenvalue weighted by molar-refractivity contribution is 6.32. The number of hydrogen-bond donors (Lipinski definition) is 1. The van der Waals surface area contributed by atoms with Gasteiger partial charge in [-0.05, 0) is 45.4 Å². The topological polar surface area (TPSA) is 21.3 Å². The van der Waals surface area contributed by atoms with E-state index < -0.39 is 0 Å². The number of benzene rings is 1. The Morgan fingerprint density at radius 3 is 2.53 bits per heavy atom. The molecule has 0 aliphatic carbocycles. The number of rotatable bonds is 6. The average molecular weight is 256 g/mol. The van der Waals surface area contributed by atoms with Crippen molar-refractivity contribution in [3.8, 4) is 5.75 Å². The van der Waals surface area contributed by atoms with Gasteiger partial charge in [-0.3, -0.25) is 0 Å². The normalized spacial score (nSPS) is 12.6. The second-order valence-corrected chi connectivity index (χ2v) is 5.05. The molecule has 1 N–H and O–H groups in total. The van der Waals surface area contributed by atoms with Crippen LogP contribution in [-0.2, 0) is 0 Å². The first kappa shape index (κ1) is 14.2. The van der Waals surface area contributed by atoms with Crippen LogP contribution in [0.4, 0.5) is 5.69 Å². The monoisotopic (exact) mass is 255 g/mol. The van der Waals surface area contributed by atoms with Crippen molar-refractivity contribution in [3.63, 3.8) is 0 Å². The molecule has 0 saturated heterocycles. The van der Waals surface area contributed by atoms with Gasteiger partial charge in [0.25, 0.3) is 0 Å². The number of halogens is 1. The van der Waals surface area contributed by atoms with E-state index in [1.807, 2.05) is 32.0 Å². The quantitative estimate of drug-likeness (QED) is 0.794. The highest BCUT2D eigenvalue weighted by atomic mass is 35.5. The molecule has 0 spiro atoms. The minimum atomic E-state index is 0.144. The Kier molecular flexibility index (Phi) is 5.63. The van der Waals surface area contributed by atoms with E-state index in [9.17, 15) is 0 Å². The summed E-state index contributed by atoms with van der Waals surface area (Å²) in [5, 5.41) is 4.08. The Morgan fingerprint density at radius 2 is 2.00 bits per heavy atom. The molecule has 1 unspecified atom stereocenters. The highest BCUT2D eigenvalue weighted by Gasteiger charge is 2.06. The molecule has 96 valence electrons. The molecule has 0 aliphatic rings. The number of hydrogen-bond acceptors (Lipinski definition) is 2. The number of anilines is 1. The van der Waals surface area contributed by atoms with Crippen LogP contribution in [0.3, 0.4) is 0 Å². The van der Waals surface area contributed by atoms with Crippen molar-refractivity contribution in [1.82, 2.24) is 0 Å². The molecule has 17 heavy (non-hydrogen) atoms. The first-order valence-electron chi connectivity index (χ1n) is 6.25. The predicted octanol–water partition coefficient (Wildman–Crippen LogP) is 4.73. The van der Waals surface area contributed by atoms with Gasteiger partial charge in [-0.25, -0.2) is 0 Å². The zero-order chi connectivity index (χ0) is 12.8. The van der Waals surface area contributed by atoms with E-state index >= 15 is 0 Å². The standard InChI is InChI=1S/C14H22ClNO/c1-5-6-11(4)16-12-7-8-14(13(15)9-12)17-10(2)3/h7-11,16H,5-6H2,1-4H3. The molecule has 1 atom stereocenters. The highest BCUT2D eigenvalue weighted by Crippen LogP contribution is 2.28. The maximum atomic E-state index is 6.17. The fourth-order valence-electron chi connectivity index (χ4n) is 1.73. The number of ether oxygens (including phenoxy) is 1. The van der Waals surface area contributed by atoms with Crippen molar-refractivity contribution < 1.29 is 4.74 Å². The van der Waals surface area contributed by atoms with Gasteiger partial charge in [0.15, 0.2) is 0 Å². The molecule has 1 rings (SSSR count). The summed E-state index contributed by atoms with van der Waals surface area (Å²) in [6.07, 6.45) is 2.48. The zero-order valence-corrected chi connectivity index (χ0v) is 11.8. The van der Waals surface area contributed by atoms with Gasteiger partial charge in [-0.2, -0.15) is 0 Å². The van der Waals surface area contributed by atoms with E-state index in [1.165, 1.54) is 6.42 Å². The molecule has 0 bridgehead atoms. The molecular weight excluding hydrogens is 234 g/mol. The molecule has 0 amide bonds. The van der Waals surface area contributed by atoms with Crippen molar-refractivity contribution in [1.29, 1.82) is 0 Å². The Bertz CT molecular complexity index is 352. The molecule has 0 radical (unpaired) electrons. The summed E-state index contributed by atoms with van der Waals surface area (Å²) >= 11 is 6.17. The van der Waals surface area contributed by atoms with Gasteiger partial charge in [0.1, 0.15) is 5.75 Å². The van der Waals surface area contributed by atoms with Crippen molar-refractivity contribution in [2.45, 2.75) is 52.7 Å². The fraction of sp³-hybridized carbons (Fsp3) is 0.571. The van der Waals surface area contributed by atoms with E-state index in [0.29, 0.717) is 11.1 Å². The van der Waals surface area contributed by atoms with Crippen LogP contribution in [0.25, 0.3) is 0 Å². The molecule has 1 aromatic carbocycles. The minimum absolute atomic E-state index is 0.144. The maximum absolute atomic E-state index is 6.17. The number of nitrogens with one attached hydrogen (secondary N) is 1. The van der Waals surface area contributed by atoms with Crippen LogP contribution in [0.2, 0.25) is 5.02 Å². The average Bonchev–Trinajstić information content (AvgIpc) is 2.22. The largest absolute Gasteiger partial charge is 0.489 e. The lowest BCUT2D eigenvalue weighted by molar-refractivity contribution is 0.242. The SMILES string of the molecule is CCCC(C)Nc1ccc(OC(C)C)c(Cl)c1. The predicted molar refractivity (Wildman–Crippen MR) is 75.2 cm³/mol. The van der Waals surface area contributed by atoms with Crippen LogP contribution >= 0.6 is 11.6 Å². The van der Waals surface area contributed by atoms with Crippen LogP contribution in [0, 0.1) is 0 Å². The molecule has 0 aromatic heterocycles. The van der Waals surface area contributed by atoms with Crippen LogP contribution in [0.15, 0.2) is 18.2 Å². The van der Waals surface area contributed by atoms with Gasteiger partial charge in [-0.1, -0.05) is 24.9 Å². The lowest BCUT2D eigenvalue weighted by Crippen LogP contribution is -2.14. The van der Waals surface area contributed by atoms with Crippen LogP contribution < -0.4 is 10.1 Å². The van der Waals surface area contributed by atoms with Crippen molar-refractivity contribution >= 4 is 17.3 Å². The second kappa shape index (κ2) is 6.75. The van der Waals surface area contributed by atoms with E-state index in [2.05, 4.69) is 19.2 Å². The first-order chi connectivity index (χ1) is 8.02. The van der Waals surface area contributed by atoms with E-state index in [-0.39, 0.29) is 6.10 Å². The van der Waals surface area contributed by atoms with Gasteiger partial charge in [0.2, 0.25) is 0 Å². The summed E-state index contributed by atoms with van der Waals surface area (Å²) in [7, 11) is 0. The molecule has 0 fully saturated rings. The summed E-state index contributed by atoms with van der Waals surface area (Å²) in [5.74, 6) is 0.746. The van der Waals surface area contributed by atoms with Gasteiger partial charge >= 0.3 is 0 Å². The summed E-state index contributed by atoms with van der Waals surface area (Å²) in [5.41, 5.74) is 1.05. The molecule has 2 nitrogen and oxygen atoms in total. The Labute approximate surface area is 109 Å². The second-order valence-electron chi connectivity index (χ2n) is 4.65. The lowest BCUT2D eigenvalue weighted by atomic mass is 10.2. The summed E-state index contributed by atoms with van der Waals surface area (Å²) < 4.78 is 5.59. The Balaban J connectivity index is 2.68. The van der Waals surface area contributed by atoms with E-state index in [1.54, 1.807) is 0 Å². The minimum Gasteiger partial charge on any atom is -0.489 e. The van der Waals surface area contributed by atoms with E-state index in [4.69, 9.17) is 16.3 Å². The smallest absolute Gasteiger partial charge is 0.138 e. The van der Waals surface area contributed by atoms with Gasteiger partial charge < -0.3 is 10.1 Å². The third kappa shape index (κ3) is 4.86. The molecule has 1 aromatic rings. The third-order valence-corrected chi connectivity index (χ3v) is 2.72. The first-order valence-corrected chi connectivity index (χ1v) is 6.63. The molecule has 3 heteroatoms. The summed E-state index contributed by atoms with van der Waals surface area (Å²) in [6, 6.07) is 6.32. The van der Waals surface area contributed by atoms with Gasteiger partial charge in [0.05, 0.1) is 11.1 Å². The Morgan fingerprint density at radius 1 is 1.29 bits per heavy atom. The molecule has 0 heterocycles. The van der Waals surface area contributed by atoms with Crippen LogP contribution in [-0.4, -0.2) is 12.1 Å². The van der Waals surface area contributed by atoms with E-state index in [0.717, 1.165) is 17.9 Å². The summed E-state index contributed by atoms with van der Waals surface area (Å²) in [4.78, 5) is 0. The van der Waals surface area contributed by atoms with Gasteiger partial charge in [0, 0.05) is 11.7 Å². The fourth-order valence-corrected chi connectivity index (χ4v) is 1.95. The molecular formula is C14H22ClNO. The lowest BCUT2D eigenvalue weighted by Gasteiger charge is -2.16. The van der Waals surface area contributed by atoms with Crippen molar-refractivity contribution in [2.24, 2.45) is 0 Å². The summed E-state index contributed by atoms with van der Waals surface area (Å²) in [6.45, 7) is 8.35. The Hall–Kier alpha value is -0.890. The molecule has 0 saturated carbocycles. The maximum Gasteiger partial charge on any atom is 0.138 e. The van der Waals surface area contributed by atoms with Crippen LogP contribution in [0.1, 0.15) is 40.5 Å². The van der Waals surface area contributed by atoms with Crippen molar-refractivity contribution in [2.75, 3.05) is 5.32 Å². The zero-order valence-electron chi connectivity index (χ0n) is 11.1. The van der Waals surface area contributed by atoms with Gasteiger partial charge in [-0.15, -0.1) is 0 Å². The van der Waals surface area contributed by atoms with Crippen molar-refractivity contribution in [3.05, 3.63) is 23.2 Å². The van der Waals surface area contributed by atoms with Crippen LogP contribution in [0.5, 0.6) is 5.75 Å². The third-order valence-electron chi connectivity index (χ3n) is 2.43.